The number of carbonyl (C=O) groups is 1. The number of nitrogens with zero attached hydrogens (tertiary/aromatic N) is 5. The summed E-state index contributed by atoms with van der Waals surface area (Å²) in [5.41, 5.74) is 1.06. The third kappa shape index (κ3) is 6.13. The fourth-order valence-electron chi connectivity index (χ4n) is 3.51. The molecule has 2 aromatic heterocycles. The van der Waals surface area contributed by atoms with Gasteiger partial charge in [0.2, 0.25) is 5.95 Å². The molecule has 2 aromatic rings. The van der Waals surface area contributed by atoms with E-state index in [0.29, 0.717) is 37.1 Å². The van der Waals surface area contributed by atoms with Crippen LogP contribution in [0.15, 0.2) is 6.20 Å². The number of fused-ring (bicyclic) bond motifs is 1. The Morgan fingerprint density at radius 2 is 2.00 bits per heavy atom. The van der Waals surface area contributed by atoms with Crippen molar-refractivity contribution in [2.24, 2.45) is 5.92 Å². The lowest BCUT2D eigenvalue weighted by molar-refractivity contribution is 0.0188. The molecule has 1 N–H and O–H groups in total. The molecule has 1 fully saturated rings. The van der Waals surface area contributed by atoms with Crippen molar-refractivity contribution in [1.82, 2.24) is 24.5 Å². The number of rotatable bonds is 6. The number of hydrogen-bond acceptors (Lipinski definition) is 8. The standard InChI is InChI=1S/C20H32N6O4S/c1-13(2)15-11-22-26-17(15)23-16(12-31(28)29)24-18(26)21-10-14-6-8-25(9-7-14)19(27)30-20(3,4)5/h11,13-14H,6-10,12H2,1-5H3,(H,28,29)(H,21,23,24)/p-1. The first-order valence-corrected chi connectivity index (χ1v) is 11.8. The van der Waals surface area contributed by atoms with E-state index in [4.69, 9.17) is 4.74 Å². The lowest BCUT2D eigenvalue weighted by atomic mass is 9.97. The zero-order chi connectivity index (χ0) is 22.8. The summed E-state index contributed by atoms with van der Waals surface area (Å²) in [7, 11) is 0. The number of ether oxygens (including phenoxy) is 1. The maximum absolute atomic E-state index is 12.2. The van der Waals surface area contributed by atoms with Crippen LogP contribution in [0, 0.1) is 5.92 Å². The summed E-state index contributed by atoms with van der Waals surface area (Å²) in [5, 5.41) is 7.72. The van der Waals surface area contributed by atoms with E-state index in [-0.39, 0.29) is 23.6 Å². The monoisotopic (exact) mass is 451 g/mol. The first-order valence-electron chi connectivity index (χ1n) is 10.6. The van der Waals surface area contributed by atoms with Crippen molar-refractivity contribution in [1.29, 1.82) is 0 Å². The van der Waals surface area contributed by atoms with Crippen molar-refractivity contribution >= 4 is 28.8 Å². The Balaban J connectivity index is 1.67. The third-order valence-electron chi connectivity index (χ3n) is 5.13. The van der Waals surface area contributed by atoms with Gasteiger partial charge in [-0.25, -0.2) is 9.78 Å². The van der Waals surface area contributed by atoms with Gasteiger partial charge in [0.05, 0.1) is 11.9 Å². The smallest absolute Gasteiger partial charge is 0.410 e. The second-order valence-corrected chi connectivity index (χ2v) is 10.1. The Hall–Kier alpha value is -2.27. The number of amides is 1. The van der Waals surface area contributed by atoms with Crippen LogP contribution in [0.25, 0.3) is 5.65 Å². The number of piperidine rings is 1. The van der Waals surface area contributed by atoms with Crippen LogP contribution >= 0.6 is 0 Å². The van der Waals surface area contributed by atoms with Gasteiger partial charge < -0.3 is 19.5 Å². The fraction of sp³-hybridized carbons (Fsp3) is 0.700. The molecule has 1 unspecified atom stereocenters. The number of nitrogens with one attached hydrogen (secondary N) is 1. The summed E-state index contributed by atoms with van der Waals surface area (Å²) in [6.07, 6.45) is 3.16. The number of aromatic nitrogens is 4. The van der Waals surface area contributed by atoms with Gasteiger partial charge in [0.25, 0.3) is 0 Å². The van der Waals surface area contributed by atoms with E-state index >= 15 is 0 Å². The van der Waals surface area contributed by atoms with Gasteiger partial charge in [-0.2, -0.15) is 14.6 Å². The highest BCUT2D eigenvalue weighted by Crippen LogP contribution is 2.23. The van der Waals surface area contributed by atoms with E-state index in [1.165, 1.54) is 0 Å². The molecule has 3 heterocycles. The molecule has 1 amide bonds. The molecule has 1 aliphatic rings. The van der Waals surface area contributed by atoms with Crippen molar-refractivity contribution in [2.45, 2.75) is 64.7 Å². The summed E-state index contributed by atoms with van der Waals surface area (Å²) in [5.74, 6) is 1.02. The van der Waals surface area contributed by atoms with Crippen molar-refractivity contribution in [3.63, 3.8) is 0 Å². The maximum Gasteiger partial charge on any atom is 0.410 e. The molecule has 1 aliphatic heterocycles. The van der Waals surface area contributed by atoms with E-state index in [1.54, 1.807) is 15.6 Å². The van der Waals surface area contributed by atoms with Crippen LogP contribution in [0.2, 0.25) is 0 Å². The SMILES string of the molecule is CC(C)c1cnn2c(NCC3CCN(C(=O)OC(C)(C)C)CC3)nc(CS(=O)[O-])nc12. The molecule has 0 aromatic carbocycles. The first-order chi connectivity index (χ1) is 14.5. The third-order valence-corrected chi connectivity index (χ3v) is 5.62. The molecule has 1 atom stereocenters. The minimum absolute atomic E-state index is 0.197. The van der Waals surface area contributed by atoms with Crippen molar-refractivity contribution < 1.29 is 18.3 Å². The Morgan fingerprint density at radius 1 is 1.32 bits per heavy atom. The molecule has 1 saturated heterocycles. The Kier molecular flexibility index (Phi) is 7.15. The molecule has 0 radical (unpaired) electrons. The minimum Gasteiger partial charge on any atom is -0.772 e. The van der Waals surface area contributed by atoms with E-state index in [0.717, 1.165) is 18.4 Å². The topological polar surface area (TPSA) is 125 Å². The summed E-state index contributed by atoms with van der Waals surface area (Å²) >= 11 is -2.28. The molecular formula is C20H31N6O4S-. The van der Waals surface area contributed by atoms with Gasteiger partial charge in [-0.05, 0) is 56.5 Å². The predicted molar refractivity (Wildman–Crippen MR) is 117 cm³/mol. The van der Waals surface area contributed by atoms with E-state index in [9.17, 15) is 13.6 Å². The second-order valence-electron chi connectivity index (χ2n) is 9.19. The Labute approximate surface area is 185 Å². The molecule has 10 nitrogen and oxygen atoms in total. The molecule has 0 saturated carbocycles. The van der Waals surface area contributed by atoms with Crippen molar-refractivity contribution in [3.05, 3.63) is 17.6 Å². The number of likely N-dealkylation sites (tertiary alicyclic amines) is 1. The number of hydrogen-bond donors (Lipinski definition) is 1. The van der Waals surface area contributed by atoms with Crippen LogP contribution in [0.3, 0.4) is 0 Å². The number of anilines is 1. The highest BCUT2D eigenvalue weighted by atomic mass is 32.2. The lowest BCUT2D eigenvalue weighted by Crippen LogP contribution is -2.42. The van der Waals surface area contributed by atoms with Gasteiger partial charge in [0.15, 0.2) is 5.65 Å². The highest BCUT2D eigenvalue weighted by Gasteiger charge is 2.27. The highest BCUT2D eigenvalue weighted by molar-refractivity contribution is 7.78. The normalized spacial score (nSPS) is 16.7. The second kappa shape index (κ2) is 9.47. The zero-order valence-corrected chi connectivity index (χ0v) is 19.6. The van der Waals surface area contributed by atoms with Gasteiger partial charge in [-0.3, -0.25) is 4.21 Å². The summed E-state index contributed by atoms with van der Waals surface area (Å²) in [6.45, 7) is 11.6. The van der Waals surface area contributed by atoms with Crippen LogP contribution in [-0.2, 0) is 21.6 Å². The van der Waals surface area contributed by atoms with Gasteiger partial charge in [0.1, 0.15) is 11.4 Å². The average Bonchev–Trinajstić information content (AvgIpc) is 3.09. The Morgan fingerprint density at radius 3 is 2.58 bits per heavy atom. The summed E-state index contributed by atoms with van der Waals surface area (Å²) in [6, 6.07) is 0. The van der Waals surface area contributed by atoms with Crippen LogP contribution in [0.5, 0.6) is 0 Å². The predicted octanol–water partition coefficient (Wildman–Crippen LogP) is 2.69. The summed E-state index contributed by atoms with van der Waals surface area (Å²) < 4.78 is 29.4. The van der Waals surface area contributed by atoms with Crippen molar-refractivity contribution in [3.8, 4) is 0 Å². The quantitative estimate of drug-likeness (QED) is 0.665. The van der Waals surface area contributed by atoms with Gasteiger partial charge in [0, 0.05) is 25.2 Å². The number of carbonyl (C=O) groups excluding carboxylic acids is 1. The van der Waals surface area contributed by atoms with E-state index in [1.807, 2.05) is 34.6 Å². The molecular weight excluding hydrogens is 420 g/mol. The van der Waals surface area contributed by atoms with Crippen molar-refractivity contribution in [2.75, 3.05) is 25.0 Å². The molecule has 0 spiro atoms. The molecule has 31 heavy (non-hydrogen) atoms. The van der Waals surface area contributed by atoms with Crippen LogP contribution < -0.4 is 5.32 Å². The van der Waals surface area contributed by atoms with Crippen LogP contribution in [0.4, 0.5) is 10.7 Å². The van der Waals surface area contributed by atoms with E-state index < -0.39 is 16.7 Å². The largest absolute Gasteiger partial charge is 0.772 e. The van der Waals surface area contributed by atoms with Crippen LogP contribution in [-0.4, -0.2) is 64.6 Å². The summed E-state index contributed by atoms with van der Waals surface area (Å²) in [4.78, 5) is 22.8. The molecule has 0 bridgehead atoms. The average molecular weight is 452 g/mol. The molecule has 172 valence electrons. The fourth-order valence-corrected chi connectivity index (χ4v) is 3.85. The first kappa shape index (κ1) is 23.4. The molecule has 0 aliphatic carbocycles. The minimum atomic E-state index is -2.28. The van der Waals surface area contributed by atoms with Gasteiger partial charge in [-0.1, -0.05) is 13.8 Å². The van der Waals surface area contributed by atoms with Gasteiger partial charge in [-0.15, -0.1) is 0 Å². The lowest BCUT2D eigenvalue weighted by Gasteiger charge is -2.33. The zero-order valence-electron chi connectivity index (χ0n) is 18.8. The van der Waals surface area contributed by atoms with E-state index in [2.05, 4.69) is 20.4 Å². The van der Waals surface area contributed by atoms with Crippen LogP contribution in [0.1, 0.15) is 64.8 Å². The molecule has 11 heteroatoms. The Bertz CT molecular complexity index is 947. The maximum atomic E-state index is 12.2. The van der Waals surface area contributed by atoms with Gasteiger partial charge >= 0.3 is 6.09 Å². The molecule has 3 rings (SSSR count).